The summed E-state index contributed by atoms with van der Waals surface area (Å²) < 4.78 is 5.01. The van der Waals surface area contributed by atoms with E-state index < -0.39 is 0 Å². The molecule has 2 heterocycles. The lowest BCUT2D eigenvalue weighted by molar-refractivity contribution is 0.400. The van der Waals surface area contributed by atoms with Crippen LogP contribution >= 0.6 is 0 Å². The van der Waals surface area contributed by atoms with E-state index in [9.17, 15) is 0 Å². The van der Waals surface area contributed by atoms with Crippen LogP contribution in [-0.2, 0) is 0 Å². The SMILES string of the molecule is CCN(c1ccccc1)c1cnnc(Nc2cc(C)on2)n1. The summed E-state index contributed by atoms with van der Waals surface area (Å²) in [6.45, 7) is 4.65. The minimum Gasteiger partial charge on any atom is -0.360 e. The molecule has 0 aliphatic rings. The Labute approximate surface area is 128 Å². The molecule has 7 heteroatoms. The fourth-order valence-corrected chi connectivity index (χ4v) is 2.10. The number of nitrogens with zero attached hydrogens (tertiary/aromatic N) is 5. The average Bonchev–Trinajstić information content (AvgIpc) is 2.95. The summed E-state index contributed by atoms with van der Waals surface area (Å²) in [6.07, 6.45) is 1.63. The maximum absolute atomic E-state index is 5.01. The lowest BCUT2D eigenvalue weighted by Crippen LogP contribution is -2.18. The van der Waals surface area contributed by atoms with Gasteiger partial charge >= 0.3 is 0 Å². The normalized spacial score (nSPS) is 10.5. The van der Waals surface area contributed by atoms with E-state index >= 15 is 0 Å². The fraction of sp³-hybridized carbons (Fsp3) is 0.200. The summed E-state index contributed by atoms with van der Waals surface area (Å²) in [5, 5.41) is 14.8. The zero-order valence-corrected chi connectivity index (χ0v) is 12.4. The fourth-order valence-electron chi connectivity index (χ4n) is 2.10. The highest BCUT2D eigenvalue weighted by Crippen LogP contribution is 2.23. The molecule has 3 rings (SSSR count). The van der Waals surface area contributed by atoms with Gasteiger partial charge in [0.25, 0.3) is 0 Å². The number of nitrogens with one attached hydrogen (secondary N) is 1. The van der Waals surface area contributed by atoms with Crippen molar-refractivity contribution in [2.75, 3.05) is 16.8 Å². The molecule has 0 saturated heterocycles. The summed E-state index contributed by atoms with van der Waals surface area (Å²) >= 11 is 0. The zero-order valence-electron chi connectivity index (χ0n) is 12.4. The van der Waals surface area contributed by atoms with E-state index in [1.807, 2.05) is 42.2 Å². The minimum atomic E-state index is 0.375. The molecular weight excluding hydrogens is 280 g/mol. The molecule has 2 aromatic heterocycles. The van der Waals surface area contributed by atoms with E-state index in [-0.39, 0.29) is 0 Å². The zero-order chi connectivity index (χ0) is 15.4. The van der Waals surface area contributed by atoms with Crippen molar-refractivity contribution >= 4 is 23.3 Å². The van der Waals surface area contributed by atoms with Crippen LogP contribution in [-0.4, -0.2) is 26.9 Å². The standard InChI is InChI=1S/C15H16N6O/c1-3-21(12-7-5-4-6-8-12)14-10-16-19-15(18-14)17-13-9-11(2)22-20-13/h4-10H,3H2,1-2H3,(H,17,18,19,20). The number of hydrogen-bond donors (Lipinski definition) is 1. The van der Waals surface area contributed by atoms with Crippen LogP contribution in [0.2, 0.25) is 0 Å². The first kappa shape index (κ1) is 14.0. The molecule has 0 fully saturated rings. The van der Waals surface area contributed by atoms with E-state index in [2.05, 4.69) is 32.6 Å². The molecule has 3 aromatic rings. The molecule has 22 heavy (non-hydrogen) atoms. The van der Waals surface area contributed by atoms with E-state index in [1.54, 1.807) is 12.3 Å². The number of rotatable bonds is 5. The lowest BCUT2D eigenvalue weighted by atomic mass is 10.3. The van der Waals surface area contributed by atoms with Gasteiger partial charge in [0.15, 0.2) is 11.6 Å². The average molecular weight is 296 g/mol. The largest absolute Gasteiger partial charge is 0.360 e. The molecule has 112 valence electrons. The van der Waals surface area contributed by atoms with Crippen LogP contribution in [0.15, 0.2) is 47.1 Å². The Hall–Kier alpha value is -2.96. The van der Waals surface area contributed by atoms with Crippen molar-refractivity contribution in [1.82, 2.24) is 20.3 Å². The predicted molar refractivity (Wildman–Crippen MR) is 83.5 cm³/mol. The highest BCUT2D eigenvalue weighted by atomic mass is 16.5. The van der Waals surface area contributed by atoms with Crippen molar-refractivity contribution in [3.63, 3.8) is 0 Å². The van der Waals surface area contributed by atoms with Gasteiger partial charge in [-0.2, -0.15) is 10.1 Å². The summed E-state index contributed by atoms with van der Waals surface area (Å²) in [5.74, 6) is 2.36. The third-order valence-corrected chi connectivity index (χ3v) is 3.07. The molecule has 0 atom stereocenters. The Morgan fingerprint density at radius 1 is 1.23 bits per heavy atom. The summed E-state index contributed by atoms with van der Waals surface area (Å²) in [5.41, 5.74) is 1.05. The molecule has 0 bridgehead atoms. The first-order chi connectivity index (χ1) is 10.8. The topological polar surface area (TPSA) is 80.0 Å². The molecule has 1 aromatic carbocycles. The second-order valence-corrected chi connectivity index (χ2v) is 4.67. The summed E-state index contributed by atoms with van der Waals surface area (Å²) in [4.78, 5) is 6.53. The van der Waals surface area contributed by atoms with Gasteiger partial charge in [0.1, 0.15) is 5.76 Å². The number of aryl methyl sites for hydroxylation is 1. The van der Waals surface area contributed by atoms with Gasteiger partial charge in [0, 0.05) is 18.3 Å². The number of benzene rings is 1. The highest BCUT2D eigenvalue weighted by molar-refractivity contribution is 5.60. The first-order valence-electron chi connectivity index (χ1n) is 6.99. The van der Waals surface area contributed by atoms with Crippen LogP contribution < -0.4 is 10.2 Å². The van der Waals surface area contributed by atoms with Gasteiger partial charge in [0.2, 0.25) is 5.95 Å². The van der Waals surface area contributed by atoms with Gasteiger partial charge in [-0.25, -0.2) is 0 Å². The van der Waals surface area contributed by atoms with Crippen molar-refractivity contribution in [2.24, 2.45) is 0 Å². The van der Waals surface area contributed by atoms with Crippen molar-refractivity contribution in [3.8, 4) is 0 Å². The van der Waals surface area contributed by atoms with Crippen molar-refractivity contribution < 1.29 is 4.52 Å². The second kappa shape index (κ2) is 6.21. The van der Waals surface area contributed by atoms with Crippen molar-refractivity contribution in [1.29, 1.82) is 0 Å². The van der Waals surface area contributed by atoms with Crippen LogP contribution in [0.1, 0.15) is 12.7 Å². The van der Waals surface area contributed by atoms with Crippen molar-refractivity contribution in [2.45, 2.75) is 13.8 Å². The molecule has 1 N–H and O–H groups in total. The number of hydrogen-bond acceptors (Lipinski definition) is 7. The molecule has 0 unspecified atom stereocenters. The summed E-state index contributed by atoms with van der Waals surface area (Å²) in [6, 6.07) is 11.8. The Bertz CT molecular complexity index is 743. The van der Waals surface area contributed by atoms with E-state index in [0.29, 0.717) is 23.3 Å². The molecule has 0 aliphatic carbocycles. The van der Waals surface area contributed by atoms with Gasteiger partial charge in [-0.3, -0.25) is 0 Å². The van der Waals surface area contributed by atoms with Crippen LogP contribution in [0.5, 0.6) is 0 Å². The monoisotopic (exact) mass is 296 g/mol. The summed E-state index contributed by atoms with van der Waals surface area (Å²) in [7, 11) is 0. The molecule has 0 aliphatic heterocycles. The van der Waals surface area contributed by atoms with Crippen LogP contribution in [0.3, 0.4) is 0 Å². The quantitative estimate of drug-likeness (QED) is 0.775. The molecule has 0 saturated carbocycles. The number of para-hydroxylation sites is 1. The van der Waals surface area contributed by atoms with Crippen LogP contribution in [0, 0.1) is 6.92 Å². The molecule has 7 nitrogen and oxygen atoms in total. The van der Waals surface area contributed by atoms with Crippen LogP contribution in [0.25, 0.3) is 0 Å². The van der Waals surface area contributed by atoms with Gasteiger partial charge in [-0.05, 0) is 26.0 Å². The third-order valence-electron chi connectivity index (χ3n) is 3.07. The van der Waals surface area contributed by atoms with Gasteiger partial charge in [-0.1, -0.05) is 23.4 Å². The Kier molecular flexibility index (Phi) is 3.95. The molecule has 0 amide bonds. The minimum absolute atomic E-state index is 0.375. The second-order valence-electron chi connectivity index (χ2n) is 4.67. The molecule has 0 radical (unpaired) electrons. The third kappa shape index (κ3) is 3.03. The van der Waals surface area contributed by atoms with E-state index in [1.165, 1.54) is 0 Å². The van der Waals surface area contributed by atoms with E-state index in [4.69, 9.17) is 4.52 Å². The van der Waals surface area contributed by atoms with E-state index in [0.717, 1.165) is 12.2 Å². The van der Waals surface area contributed by atoms with Gasteiger partial charge in [0.05, 0.1) is 6.20 Å². The Morgan fingerprint density at radius 3 is 2.73 bits per heavy atom. The van der Waals surface area contributed by atoms with Gasteiger partial charge in [-0.15, -0.1) is 5.10 Å². The number of aromatic nitrogens is 4. The maximum atomic E-state index is 5.01. The predicted octanol–water partition coefficient (Wildman–Crippen LogP) is 3.07. The maximum Gasteiger partial charge on any atom is 0.250 e. The Balaban J connectivity index is 1.86. The smallest absolute Gasteiger partial charge is 0.250 e. The van der Waals surface area contributed by atoms with Gasteiger partial charge < -0.3 is 14.7 Å². The molecule has 0 spiro atoms. The number of anilines is 4. The van der Waals surface area contributed by atoms with Crippen LogP contribution in [0.4, 0.5) is 23.3 Å². The van der Waals surface area contributed by atoms with Crippen molar-refractivity contribution in [3.05, 3.63) is 48.4 Å². The highest BCUT2D eigenvalue weighted by Gasteiger charge is 2.11. The molecular formula is C15H16N6O. The Morgan fingerprint density at radius 2 is 2.05 bits per heavy atom. The lowest BCUT2D eigenvalue weighted by Gasteiger charge is -2.21. The first-order valence-corrected chi connectivity index (χ1v) is 6.99.